The van der Waals surface area contributed by atoms with Gasteiger partial charge in [0.2, 0.25) is 0 Å². The zero-order valence-electron chi connectivity index (χ0n) is 17.0. The Morgan fingerprint density at radius 3 is 2.72 bits per heavy atom. The maximum atomic E-state index is 13.0. The van der Waals surface area contributed by atoms with Crippen LogP contribution in [0, 0.1) is 5.41 Å². The van der Waals surface area contributed by atoms with Crippen molar-refractivity contribution in [1.82, 2.24) is 24.3 Å². The number of likely N-dealkylation sites (tertiary alicyclic amines) is 1. The van der Waals surface area contributed by atoms with Crippen LogP contribution >= 0.6 is 0 Å². The zero-order chi connectivity index (χ0) is 20.2. The fourth-order valence-electron chi connectivity index (χ4n) is 4.73. The summed E-state index contributed by atoms with van der Waals surface area (Å²) in [4.78, 5) is 38.4. The quantitative estimate of drug-likeness (QED) is 0.733. The molecule has 1 amide bonds. The van der Waals surface area contributed by atoms with E-state index in [0.717, 1.165) is 24.1 Å². The highest BCUT2D eigenvalue weighted by Gasteiger charge is 2.50. The molecule has 1 unspecified atom stereocenters. The normalized spacial score (nSPS) is 23.9. The molecule has 1 atom stereocenters. The number of pyridine rings is 1. The maximum absolute atomic E-state index is 13.0. The van der Waals surface area contributed by atoms with Gasteiger partial charge in [-0.25, -0.2) is 9.97 Å². The van der Waals surface area contributed by atoms with Crippen molar-refractivity contribution in [2.75, 3.05) is 33.7 Å². The molecule has 29 heavy (non-hydrogen) atoms. The first-order valence-electron chi connectivity index (χ1n) is 10.4. The van der Waals surface area contributed by atoms with Gasteiger partial charge in [-0.1, -0.05) is 0 Å². The Balaban J connectivity index is 1.27. The van der Waals surface area contributed by atoms with Gasteiger partial charge in [-0.2, -0.15) is 0 Å². The number of nitrogens with zero attached hydrogens (tertiary/aromatic N) is 5. The number of carbonyl (C=O) groups is 2. The van der Waals surface area contributed by atoms with Crippen LogP contribution in [-0.2, 0) is 9.53 Å². The zero-order valence-corrected chi connectivity index (χ0v) is 17.0. The van der Waals surface area contributed by atoms with E-state index in [9.17, 15) is 9.59 Å². The molecular weight excluding hydrogens is 370 g/mol. The van der Waals surface area contributed by atoms with Crippen molar-refractivity contribution in [1.29, 1.82) is 0 Å². The van der Waals surface area contributed by atoms with Crippen LogP contribution in [0.4, 0.5) is 0 Å². The molecule has 0 aromatic carbocycles. The number of cyclic esters (lactones) is 1. The van der Waals surface area contributed by atoms with E-state index < -0.39 is 5.41 Å². The number of hydrogen-bond acceptors (Lipinski definition) is 6. The Labute approximate surface area is 169 Å². The maximum Gasteiger partial charge on any atom is 0.312 e. The molecule has 3 aliphatic rings. The van der Waals surface area contributed by atoms with E-state index in [2.05, 4.69) is 14.5 Å². The second-order valence-electron chi connectivity index (χ2n) is 9.02. The predicted octanol–water partition coefficient (Wildman–Crippen LogP) is 1.87. The third-order valence-electron chi connectivity index (χ3n) is 6.50. The van der Waals surface area contributed by atoms with E-state index >= 15 is 0 Å². The molecule has 3 fully saturated rings. The lowest BCUT2D eigenvalue weighted by atomic mass is 9.76. The number of aromatic nitrogens is 3. The summed E-state index contributed by atoms with van der Waals surface area (Å²) in [5, 5.41) is 0. The highest BCUT2D eigenvalue weighted by Crippen LogP contribution is 2.43. The Morgan fingerprint density at radius 2 is 2.03 bits per heavy atom. The average Bonchev–Trinajstić information content (AvgIpc) is 3.39. The number of piperidine rings is 1. The number of rotatable bonds is 4. The summed E-state index contributed by atoms with van der Waals surface area (Å²) in [6.45, 7) is 1.88. The van der Waals surface area contributed by atoms with E-state index in [1.807, 2.05) is 36.3 Å². The van der Waals surface area contributed by atoms with Crippen LogP contribution in [-0.4, -0.2) is 76.0 Å². The minimum atomic E-state index is -0.428. The molecule has 1 aliphatic carbocycles. The summed E-state index contributed by atoms with van der Waals surface area (Å²) < 4.78 is 7.72. The first-order chi connectivity index (χ1) is 13.9. The van der Waals surface area contributed by atoms with Crippen LogP contribution in [0.1, 0.15) is 48.5 Å². The number of esters is 1. The van der Waals surface area contributed by atoms with Crippen molar-refractivity contribution in [2.45, 2.75) is 44.2 Å². The molecule has 154 valence electrons. The van der Waals surface area contributed by atoms with E-state index in [1.54, 1.807) is 6.20 Å². The molecule has 2 aromatic heterocycles. The lowest BCUT2D eigenvalue weighted by Crippen LogP contribution is -2.45. The molecule has 1 spiro atoms. The Hall–Kier alpha value is -2.48. The summed E-state index contributed by atoms with van der Waals surface area (Å²) in [6, 6.07) is 2.35. The first-order valence-corrected chi connectivity index (χ1v) is 10.4. The number of ether oxygens (including phenoxy) is 1. The predicted molar refractivity (Wildman–Crippen MR) is 106 cm³/mol. The monoisotopic (exact) mass is 397 g/mol. The number of amides is 1. The number of fused-ring (bicyclic) bond motifs is 1. The molecule has 8 nitrogen and oxygen atoms in total. The van der Waals surface area contributed by atoms with Crippen molar-refractivity contribution in [3.63, 3.8) is 0 Å². The third kappa shape index (κ3) is 3.29. The smallest absolute Gasteiger partial charge is 0.312 e. The van der Waals surface area contributed by atoms with Crippen molar-refractivity contribution >= 4 is 23.0 Å². The van der Waals surface area contributed by atoms with Crippen LogP contribution in [0.2, 0.25) is 0 Å². The van der Waals surface area contributed by atoms with Crippen molar-refractivity contribution < 1.29 is 14.3 Å². The van der Waals surface area contributed by atoms with Crippen LogP contribution in [0.3, 0.4) is 0 Å². The minimum absolute atomic E-state index is 0.0357. The van der Waals surface area contributed by atoms with Crippen LogP contribution in [0.5, 0.6) is 0 Å². The average molecular weight is 397 g/mol. The Kier molecular flexibility index (Phi) is 4.34. The van der Waals surface area contributed by atoms with Gasteiger partial charge in [-0.3, -0.25) is 9.59 Å². The Bertz CT molecular complexity index is 956. The van der Waals surface area contributed by atoms with Crippen LogP contribution in [0.25, 0.3) is 11.2 Å². The summed E-state index contributed by atoms with van der Waals surface area (Å²) >= 11 is 0. The van der Waals surface area contributed by atoms with Crippen molar-refractivity contribution in [2.24, 2.45) is 5.41 Å². The number of carbonyl (C=O) groups excluding carboxylic acids is 2. The largest absolute Gasteiger partial charge is 0.461 e. The molecule has 5 rings (SSSR count). The van der Waals surface area contributed by atoms with Gasteiger partial charge >= 0.3 is 5.97 Å². The van der Waals surface area contributed by atoms with Crippen LogP contribution < -0.4 is 0 Å². The fraction of sp³-hybridized carbons (Fsp3) is 0.619. The van der Waals surface area contributed by atoms with Gasteiger partial charge in [-0.05, 0) is 45.8 Å². The van der Waals surface area contributed by atoms with Crippen molar-refractivity contribution in [3.05, 3.63) is 24.2 Å². The second-order valence-corrected chi connectivity index (χ2v) is 9.02. The summed E-state index contributed by atoms with van der Waals surface area (Å²) in [7, 11) is 3.97. The number of imidazole rings is 1. The number of likely N-dealkylation sites (N-methyl/N-ethyl adjacent to an activating group) is 1. The highest BCUT2D eigenvalue weighted by molar-refractivity contribution is 5.96. The molecule has 4 heterocycles. The van der Waals surface area contributed by atoms with Gasteiger partial charge in [0.25, 0.3) is 5.91 Å². The molecule has 1 saturated carbocycles. The molecular formula is C21H27N5O3. The molecule has 2 aromatic rings. The van der Waals surface area contributed by atoms with E-state index in [1.165, 1.54) is 12.8 Å². The topological polar surface area (TPSA) is 80.6 Å². The molecule has 2 saturated heterocycles. The lowest BCUT2D eigenvalue weighted by molar-refractivity contribution is -0.150. The standard InChI is InChI=1S/C21H27N5O3/c1-24(2)12-16-10-21(20(28)29-16)5-7-25(8-6-21)19(27)14-9-17-18(22-11-14)26(13-23-17)15-3-4-15/h9,11,13,15-16H,3-8,10,12H2,1-2H3. The SMILES string of the molecule is CN(C)CC1CC2(CCN(C(=O)c3cnc4c(c3)ncn4C3CC3)CC2)C(=O)O1. The van der Waals surface area contributed by atoms with Gasteiger partial charge in [-0.15, -0.1) is 0 Å². The molecule has 0 bridgehead atoms. The van der Waals surface area contributed by atoms with E-state index in [4.69, 9.17) is 4.74 Å². The van der Waals surface area contributed by atoms with Gasteiger partial charge in [0.05, 0.1) is 17.3 Å². The lowest BCUT2D eigenvalue weighted by Gasteiger charge is -2.36. The van der Waals surface area contributed by atoms with Gasteiger partial charge < -0.3 is 19.1 Å². The Morgan fingerprint density at radius 1 is 1.28 bits per heavy atom. The first kappa shape index (κ1) is 18.5. The number of hydrogen-bond donors (Lipinski definition) is 0. The van der Waals surface area contributed by atoms with Gasteiger partial charge in [0.15, 0.2) is 5.65 Å². The van der Waals surface area contributed by atoms with E-state index in [0.29, 0.717) is 37.5 Å². The summed E-state index contributed by atoms with van der Waals surface area (Å²) in [6.07, 6.45) is 7.84. The third-order valence-corrected chi connectivity index (χ3v) is 6.50. The second kappa shape index (κ2) is 6.79. The molecule has 0 N–H and O–H groups in total. The van der Waals surface area contributed by atoms with Gasteiger partial charge in [0.1, 0.15) is 11.6 Å². The van der Waals surface area contributed by atoms with E-state index in [-0.39, 0.29) is 18.0 Å². The highest BCUT2D eigenvalue weighted by atomic mass is 16.6. The molecule has 8 heteroatoms. The molecule has 2 aliphatic heterocycles. The minimum Gasteiger partial charge on any atom is -0.461 e. The van der Waals surface area contributed by atoms with Crippen LogP contribution in [0.15, 0.2) is 18.6 Å². The van der Waals surface area contributed by atoms with Crippen molar-refractivity contribution in [3.8, 4) is 0 Å². The van der Waals surface area contributed by atoms with Gasteiger partial charge in [0, 0.05) is 38.3 Å². The molecule has 0 radical (unpaired) electrons. The fourth-order valence-corrected chi connectivity index (χ4v) is 4.73. The summed E-state index contributed by atoms with van der Waals surface area (Å²) in [5.74, 6) is -0.128. The summed E-state index contributed by atoms with van der Waals surface area (Å²) in [5.41, 5.74) is 1.75.